The summed E-state index contributed by atoms with van der Waals surface area (Å²) >= 11 is 0. The highest BCUT2D eigenvalue weighted by atomic mass is 16.3. The van der Waals surface area contributed by atoms with E-state index in [0.717, 1.165) is 38.7 Å². The van der Waals surface area contributed by atoms with E-state index in [9.17, 15) is 0 Å². The van der Waals surface area contributed by atoms with E-state index in [1.165, 1.54) is 71.3 Å². The lowest BCUT2D eigenvalue weighted by molar-refractivity contribution is 0.668. The van der Waals surface area contributed by atoms with E-state index < -0.39 is 0 Å². The van der Waals surface area contributed by atoms with Gasteiger partial charge in [-0.05, 0) is 93.7 Å². The maximum Gasteiger partial charge on any atom is 0.138 e. The minimum atomic E-state index is 0.882. The van der Waals surface area contributed by atoms with Crippen LogP contribution >= 0.6 is 0 Å². The summed E-state index contributed by atoms with van der Waals surface area (Å²) in [5.74, 6) is 0. The quantitative estimate of drug-likeness (QED) is 0.179. The van der Waals surface area contributed by atoms with E-state index in [1.54, 1.807) is 0 Å². The number of para-hydroxylation sites is 4. The second-order valence-electron chi connectivity index (χ2n) is 14.5. The van der Waals surface area contributed by atoms with Crippen molar-refractivity contribution in [2.75, 3.05) is 0 Å². The second kappa shape index (κ2) is 11.6. The monoisotopic (exact) mass is 700 g/mol. The average Bonchev–Trinajstić information content (AvgIpc) is 3.90. The molecule has 256 valence electrons. The lowest BCUT2D eigenvalue weighted by Gasteiger charge is -2.14. The largest absolute Gasteiger partial charge is 0.456 e. The Morgan fingerprint density at radius 2 is 0.855 bits per heavy atom. The fourth-order valence-electron chi connectivity index (χ4n) is 9.08. The first kappa shape index (κ1) is 30.1. The van der Waals surface area contributed by atoms with E-state index in [-0.39, 0.29) is 0 Å². The normalized spacial score (nSPS) is 12.0. The molecule has 3 heteroatoms. The van der Waals surface area contributed by atoms with Gasteiger partial charge in [-0.1, -0.05) is 127 Å². The van der Waals surface area contributed by atoms with E-state index in [4.69, 9.17) is 4.42 Å². The molecule has 12 rings (SSSR count). The van der Waals surface area contributed by atoms with Crippen molar-refractivity contribution in [1.29, 1.82) is 0 Å². The Morgan fingerprint density at radius 1 is 0.309 bits per heavy atom. The lowest BCUT2D eigenvalue weighted by Crippen LogP contribution is -1.95. The average molecular weight is 701 g/mol. The molecule has 0 aliphatic heterocycles. The van der Waals surface area contributed by atoms with E-state index in [1.807, 2.05) is 6.07 Å². The number of hydrogen-bond acceptors (Lipinski definition) is 1. The summed E-state index contributed by atoms with van der Waals surface area (Å²) < 4.78 is 11.4. The number of nitrogens with zero attached hydrogens (tertiary/aromatic N) is 2. The van der Waals surface area contributed by atoms with Crippen LogP contribution in [0.25, 0.3) is 110 Å². The summed E-state index contributed by atoms with van der Waals surface area (Å²) in [7, 11) is 0. The van der Waals surface area contributed by atoms with Gasteiger partial charge < -0.3 is 13.6 Å². The zero-order valence-electron chi connectivity index (χ0n) is 29.8. The maximum atomic E-state index is 6.65. The van der Waals surface area contributed by atoms with Gasteiger partial charge in [0.25, 0.3) is 0 Å². The summed E-state index contributed by atoms with van der Waals surface area (Å²) in [6.45, 7) is 0. The topological polar surface area (TPSA) is 23.0 Å². The Hall–Kier alpha value is -7.36. The van der Waals surface area contributed by atoms with Gasteiger partial charge in [0, 0.05) is 44.1 Å². The molecule has 0 saturated heterocycles. The van der Waals surface area contributed by atoms with Crippen LogP contribution in [0.5, 0.6) is 0 Å². The van der Waals surface area contributed by atoms with Gasteiger partial charge >= 0.3 is 0 Å². The van der Waals surface area contributed by atoms with Gasteiger partial charge in [-0.15, -0.1) is 0 Å². The molecule has 3 heterocycles. The molecule has 0 amide bonds. The SMILES string of the molecule is c1ccc(-n2c3ccccc3c3cc(-c4ccc5c(c4)c4ccccc4n5-c4cc(-c5cccc6ccccc56)c5c(c4)oc4ccccc45)ccc32)cc1. The van der Waals surface area contributed by atoms with Crippen LogP contribution < -0.4 is 0 Å². The molecule has 55 heavy (non-hydrogen) atoms. The molecule has 0 aliphatic carbocycles. The van der Waals surface area contributed by atoms with Gasteiger partial charge in [-0.25, -0.2) is 0 Å². The summed E-state index contributed by atoms with van der Waals surface area (Å²) in [5.41, 5.74) is 13.5. The van der Waals surface area contributed by atoms with Crippen LogP contribution in [0.4, 0.5) is 0 Å². The highest BCUT2D eigenvalue weighted by Crippen LogP contribution is 2.43. The highest BCUT2D eigenvalue weighted by molar-refractivity contribution is 6.17. The predicted molar refractivity (Wildman–Crippen MR) is 231 cm³/mol. The number of furan rings is 1. The van der Waals surface area contributed by atoms with Crippen LogP contribution in [0.1, 0.15) is 0 Å². The van der Waals surface area contributed by atoms with Crippen molar-refractivity contribution in [1.82, 2.24) is 9.13 Å². The Kier molecular flexibility index (Phi) is 6.34. The first-order valence-corrected chi connectivity index (χ1v) is 18.8. The molecule has 0 aliphatic rings. The van der Waals surface area contributed by atoms with Crippen molar-refractivity contribution in [3.05, 3.63) is 194 Å². The van der Waals surface area contributed by atoms with Crippen molar-refractivity contribution >= 4 is 76.3 Å². The number of fused-ring (bicyclic) bond motifs is 10. The lowest BCUT2D eigenvalue weighted by atomic mass is 9.94. The van der Waals surface area contributed by atoms with E-state index in [2.05, 4.69) is 197 Å². The molecule has 0 atom stereocenters. The van der Waals surface area contributed by atoms with Crippen LogP contribution in [0.3, 0.4) is 0 Å². The van der Waals surface area contributed by atoms with E-state index in [0.29, 0.717) is 0 Å². The molecule has 0 unspecified atom stereocenters. The van der Waals surface area contributed by atoms with Crippen molar-refractivity contribution in [2.24, 2.45) is 0 Å². The molecular weight excluding hydrogens is 669 g/mol. The predicted octanol–water partition coefficient (Wildman–Crippen LogP) is 14.3. The maximum absolute atomic E-state index is 6.65. The molecule has 9 aromatic carbocycles. The van der Waals surface area contributed by atoms with Gasteiger partial charge in [0.05, 0.1) is 27.8 Å². The van der Waals surface area contributed by atoms with Crippen molar-refractivity contribution < 1.29 is 4.42 Å². The molecule has 0 spiro atoms. The molecule has 12 aromatic rings. The fourth-order valence-corrected chi connectivity index (χ4v) is 9.08. The second-order valence-corrected chi connectivity index (χ2v) is 14.5. The molecule has 3 nitrogen and oxygen atoms in total. The third-order valence-electron chi connectivity index (χ3n) is 11.5. The number of benzene rings is 9. The summed E-state index contributed by atoms with van der Waals surface area (Å²) in [6, 6.07) is 70.2. The number of aromatic nitrogens is 2. The zero-order chi connectivity index (χ0) is 36.0. The summed E-state index contributed by atoms with van der Waals surface area (Å²) in [5, 5.41) is 9.66. The summed E-state index contributed by atoms with van der Waals surface area (Å²) in [4.78, 5) is 0. The highest BCUT2D eigenvalue weighted by Gasteiger charge is 2.20. The molecule has 3 aromatic heterocycles. The minimum Gasteiger partial charge on any atom is -0.456 e. The van der Waals surface area contributed by atoms with Gasteiger partial charge in [-0.3, -0.25) is 0 Å². The molecular formula is C52H32N2O. The van der Waals surface area contributed by atoms with Crippen molar-refractivity contribution in [3.8, 4) is 33.6 Å². The van der Waals surface area contributed by atoms with Crippen LogP contribution in [-0.4, -0.2) is 9.13 Å². The zero-order valence-corrected chi connectivity index (χ0v) is 29.8. The third-order valence-corrected chi connectivity index (χ3v) is 11.5. The van der Waals surface area contributed by atoms with Crippen molar-refractivity contribution in [3.63, 3.8) is 0 Å². The van der Waals surface area contributed by atoms with Gasteiger partial charge in [0.15, 0.2) is 0 Å². The number of hydrogen-bond donors (Lipinski definition) is 0. The minimum absolute atomic E-state index is 0.882. The Morgan fingerprint density at radius 3 is 1.56 bits per heavy atom. The molecule has 0 fully saturated rings. The third kappa shape index (κ3) is 4.44. The van der Waals surface area contributed by atoms with Crippen molar-refractivity contribution in [2.45, 2.75) is 0 Å². The van der Waals surface area contributed by atoms with Crippen LogP contribution in [0, 0.1) is 0 Å². The van der Waals surface area contributed by atoms with E-state index >= 15 is 0 Å². The van der Waals surface area contributed by atoms with Crippen LogP contribution in [0.15, 0.2) is 199 Å². The van der Waals surface area contributed by atoms with Gasteiger partial charge in [0.1, 0.15) is 11.2 Å². The Balaban J connectivity index is 1.09. The fraction of sp³-hybridized carbons (Fsp3) is 0. The Labute approximate surface area is 316 Å². The first-order chi connectivity index (χ1) is 27.3. The standard InChI is InChI=1S/C52H32N2O/c1-2-15-36(16-3-1)53-46-22-9-6-18-40(46)43-29-34(25-27-48(43)53)35-26-28-49-44(30-35)41-19-7-10-23-47(41)54(49)37-31-45(39-21-12-14-33-13-4-5-17-38(33)39)52-42-20-8-11-24-50(42)55-51(52)32-37/h1-32H. The molecule has 0 saturated carbocycles. The smallest absolute Gasteiger partial charge is 0.138 e. The first-order valence-electron chi connectivity index (χ1n) is 18.8. The number of rotatable bonds is 4. The van der Waals surface area contributed by atoms with Gasteiger partial charge in [0.2, 0.25) is 0 Å². The molecule has 0 bridgehead atoms. The Bertz CT molecular complexity index is 3480. The summed E-state index contributed by atoms with van der Waals surface area (Å²) in [6.07, 6.45) is 0. The van der Waals surface area contributed by atoms with Crippen LogP contribution in [-0.2, 0) is 0 Å². The molecule has 0 radical (unpaired) electrons. The molecule has 0 N–H and O–H groups in total. The van der Waals surface area contributed by atoms with Gasteiger partial charge in [-0.2, -0.15) is 0 Å². The van der Waals surface area contributed by atoms with Crippen LogP contribution in [0.2, 0.25) is 0 Å².